The Kier molecular flexibility index (Phi) is 7.97. The van der Waals surface area contributed by atoms with E-state index in [1.807, 2.05) is 4.90 Å². The van der Waals surface area contributed by atoms with Crippen LogP contribution < -0.4 is 10.6 Å². The smallest absolute Gasteiger partial charge is 0.339 e. The Morgan fingerprint density at radius 1 is 1.07 bits per heavy atom. The standard InChI is InChI=1S/C28H29ClF3N9O2/c29-21-14-18(37-25-26-35-16-22(41(26)8-7-34-25)20-15-36-38-24(20)28(30,31)32)1-2-19(21)27(43)40-11-9-39(10-12-40)23(42)13-17-3-5-33-6-4-17/h1-2,7-8,14-17,33H,3-6,9-13H2,(H,34,37)(H,36,38). The molecule has 2 aliphatic heterocycles. The molecule has 11 nitrogen and oxygen atoms in total. The number of nitrogens with zero attached hydrogens (tertiary/aromatic N) is 6. The lowest BCUT2D eigenvalue weighted by Gasteiger charge is -2.36. The zero-order chi connectivity index (χ0) is 30.1. The number of amides is 2. The number of imidazole rings is 1. The molecule has 6 rings (SSSR count). The zero-order valence-electron chi connectivity index (χ0n) is 23.0. The molecule has 3 N–H and O–H groups in total. The number of aromatic nitrogens is 5. The second-order valence-corrected chi connectivity index (χ2v) is 11.1. The summed E-state index contributed by atoms with van der Waals surface area (Å²) in [5.74, 6) is 0.619. The van der Waals surface area contributed by atoms with Crippen LogP contribution in [0.2, 0.25) is 5.02 Å². The lowest BCUT2D eigenvalue weighted by molar-refractivity contribution is -0.140. The number of piperidine rings is 1. The van der Waals surface area contributed by atoms with E-state index in [0.29, 0.717) is 49.8 Å². The van der Waals surface area contributed by atoms with Crippen molar-refractivity contribution in [2.45, 2.75) is 25.4 Å². The highest BCUT2D eigenvalue weighted by Gasteiger charge is 2.37. The summed E-state index contributed by atoms with van der Waals surface area (Å²) in [5, 5.41) is 12.3. The molecular weight excluding hydrogens is 587 g/mol. The number of aromatic amines is 1. The Hall–Kier alpha value is -4.17. The van der Waals surface area contributed by atoms with Crippen molar-refractivity contribution in [3.63, 3.8) is 0 Å². The molecule has 0 atom stereocenters. The maximum atomic E-state index is 13.4. The summed E-state index contributed by atoms with van der Waals surface area (Å²) in [7, 11) is 0. The number of hydrogen-bond acceptors (Lipinski definition) is 7. The Labute approximate surface area is 249 Å². The number of benzene rings is 1. The third kappa shape index (κ3) is 6.02. The normalized spacial score (nSPS) is 16.6. The van der Waals surface area contributed by atoms with Gasteiger partial charge >= 0.3 is 6.18 Å². The predicted octanol–water partition coefficient (Wildman–Crippen LogP) is 4.21. The molecule has 0 saturated carbocycles. The number of alkyl halides is 3. The van der Waals surface area contributed by atoms with Gasteiger partial charge in [-0.2, -0.15) is 18.3 Å². The number of hydrogen-bond donors (Lipinski definition) is 3. The molecule has 2 amide bonds. The van der Waals surface area contributed by atoms with Crippen molar-refractivity contribution in [2.24, 2.45) is 5.92 Å². The first-order chi connectivity index (χ1) is 20.7. The summed E-state index contributed by atoms with van der Waals surface area (Å²) in [6.07, 6.45) is 3.36. The van der Waals surface area contributed by atoms with Gasteiger partial charge in [-0.05, 0) is 50.0 Å². The predicted molar refractivity (Wildman–Crippen MR) is 153 cm³/mol. The SMILES string of the molecule is O=C(CC1CCNCC1)N1CCN(C(=O)c2ccc(Nc3nccn4c(-c5c[nH]nc5C(F)(F)F)cnc34)cc2Cl)CC1. The first-order valence-electron chi connectivity index (χ1n) is 14.0. The highest BCUT2D eigenvalue weighted by molar-refractivity contribution is 6.34. The van der Waals surface area contributed by atoms with Crippen molar-refractivity contribution < 1.29 is 22.8 Å². The molecule has 1 aromatic carbocycles. The van der Waals surface area contributed by atoms with Gasteiger partial charge in [-0.25, -0.2) is 9.97 Å². The molecule has 0 unspecified atom stereocenters. The van der Waals surface area contributed by atoms with E-state index in [0.717, 1.165) is 25.9 Å². The topological polar surface area (TPSA) is 124 Å². The molecule has 226 valence electrons. The molecule has 5 heterocycles. The number of fused-ring (bicyclic) bond motifs is 1. The van der Waals surface area contributed by atoms with Crippen molar-refractivity contribution in [1.29, 1.82) is 0 Å². The van der Waals surface area contributed by atoms with Crippen LogP contribution >= 0.6 is 11.6 Å². The number of H-pyrrole nitrogens is 1. The van der Waals surface area contributed by atoms with E-state index < -0.39 is 11.9 Å². The molecule has 3 aromatic heterocycles. The minimum atomic E-state index is -4.64. The second kappa shape index (κ2) is 11.8. The van der Waals surface area contributed by atoms with Gasteiger partial charge in [0.15, 0.2) is 17.2 Å². The zero-order valence-corrected chi connectivity index (χ0v) is 23.8. The maximum absolute atomic E-state index is 13.4. The van der Waals surface area contributed by atoms with Gasteiger partial charge in [0.05, 0.1) is 28.0 Å². The monoisotopic (exact) mass is 615 g/mol. The molecule has 2 saturated heterocycles. The van der Waals surface area contributed by atoms with Gasteiger partial charge in [-0.1, -0.05) is 11.6 Å². The van der Waals surface area contributed by atoms with Crippen molar-refractivity contribution in [3.8, 4) is 11.3 Å². The van der Waals surface area contributed by atoms with Crippen LogP contribution in [-0.2, 0) is 11.0 Å². The van der Waals surface area contributed by atoms with E-state index in [1.54, 1.807) is 23.1 Å². The van der Waals surface area contributed by atoms with Crippen LogP contribution in [0.25, 0.3) is 16.9 Å². The van der Waals surface area contributed by atoms with Crippen LogP contribution in [0, 0.1) is 5.92 Å². The minimum absolute atomic E-state index is 0.143. The van der Waals surface area contributed by atoms with Crippen molar-refractivity contribution >= 4 is 40.6 Å². The summed E-state index contributed by atoms with van der Waals surface area (Å²) in [6.45, 7) is 3.71. The maximum Gasteiger partial charge on any atom is 0.435 e. The van der Waals surface area contributed by atoms with Gasteiger partial charge in [0, 0.05) is 56.9 Å². The summed E-state index contributed by atoms with van der Waals surface area (Å²) < 4.78 is 41.7. The van der Waals surface area contributed by atoms with Crippen LogP contribution in [0.5, 0.6) is 0 Å². The lowest BCUT2D eigenvalue weighted by Crippen LogP contribution is -2.51. The average Bonchev–Trinajstić information content (AvgIpc) is 3.66. The summed E-state index contributed by atoms with van der Waals surface area (Å²) in [6, 6.07) is 4.87. The van der Waals surface area contributed by atoms with Crippen LogP contribution in [0.3, 0.4) is 0 Å². The first-order valence-corrected chi connectivity index (χ1v) is 14.3. The quantitative estimate of drug-likeness (QED) is 0.297. The fraction of sp³-hybridized carbons (Fsp3) is 0.393. The van der Waals surface area contributed by atoms with Gasteiger partial charge in [0.1, 0.15) is 0 Å². The number of carbonyl (C=O) groups is 2. The molecule has 0 aliphatic carbocycles. The van der Waals surface area contributed by atoms with Crippen molar-refractivity contribution in [2.75, 3.05) is 44.6 Å². The van der Waals surface area contributed by atoms with E-state index in [4.69, 9.17) is 11.6 Å². The third-order valence-corrected chi connectivity index (χ3v) is 8.23. The third-order valence-electron chi connectivity index (χ3n) is 7.92. The highest BCUT2D eigenvalue weighted by Crippen LogP contribution is 2.36. The number of carbonyl (C=O) groups excluding carboxylic acids is 2. The van der Waals surface area contributed by atoms with Crippen LogP contribution in [-0.4, -0.2) is 85.4 Å². The van der Waals surface area contributed by atoms with Crippen molar-refractivity contribution in [1.82, 2.24) is 39.7 Å². The molecule has 2 fully saturated rings. The average molecular weight is 616 g/mol. The highest BCUT2D eigenvalue weighted by atomic mass is 35.5. The van der Waals surface area contributed by atoms with Gasteiger partial charge in [-0.3, -0.25) is 19.1 Å². The summed E-state index contributed by atoms with van der Waals surface area (Å²) in [5.41, 5.74) is 0.132. The first kappa shape index (κ1) is 28.9. The molecular formula is C28H29ClF3N9O2. The van der Waals surface area contributed by atoms with Gasteiger partial charge in [0.25, 0.3) is 5.91 Å². The largest absolute Gasteiger partial charge is 0.435 e. The number of halogens is 4. The van der Waals surface area contributed by atoms with Gasteiger partial charge in [-0.15, -0.1) is 0 Å². The van der Waals surface area contributed by atoms with Gasteiger partial charge in [0.2, 0.25) is 5.91 Å². The molecule has 0 radical (unpaired) electrons. The molecule has 0 spiro atoms. The Morgan fingerprint density at radius 3 is 2.53 bits per heavy atom. The molecule has 2 aliphatic rings. The van der Waals surface area contributed by atoms with E-state index in [-0.39, 0.29) is 39.6 Å². The van der Waals surface area contributed by atoms with E-state index in [2.05, 4.69) is 30.8 Å². The Bertz CT molecular complexity index is 1640. The van der Waals surface area contributed by atoms with Crippen molar-refractivity contribution in [3.05, 3.63) is 59.3 Å². The molecule has 43 heavy (non-hydrogen) atoms. The van der Waals surface area contributed by atoms with Crippen LogP contribution in [0.4, 0.5) is 24.7 Å². The lowest BCUT2D eigenvalue weighted by atomic mass is 9.94. The number of rotatable bonds is 6. The molecule has 0 bridgehead atoms. The number of anilines is 2. The van der Waals surface area contributed by atoms with E-state index in [1.165, 1.54) is 29.2 Å². The van der Waals surface area contributed by atoms with Crippen LogP contribution in [0.1, 0.15) is 35.3 Å². The van der Waals surface area contributed by atoms with E-state index >= 15 is 0 Å². The second-order valence-electron chi connectivity index (χ2n) is 10.6. The molecule has 15 heteroatoms. The fourth-order valence-electron chi connectivity index (χ4n) is 5.60. The summed E-state index contributed by atoms with van der Waals surface area (Å²) >= 11 is 6.53. The fourth-order valence-corrected chi connectivity index (χ4v) is 5.86. The summed E-state index contributed by atoms with van der Waals surface area (Å²) in [4.78, 5) is 38.1. The molecule has 4 aromatic rings. The van der Waals surface area contributed by atoms with Gasteiger partial charge < -0.3 is 20.4 Å². The number of nitrogens with one attached hydrogen (secondary N) is 3. The van der Waals surface area contributed by atoms with E-state index in [9.17, 15) is 22.8 Å². The Balaban J connectivity index is 1.12. The van der Waals surface area contributed by atoms with Crippen LogP contribution in [0.15, 0.2) is 43.0 Å². The minimum Gasteiger partial charge on any atom is -0.339 e. The number of piperazine rings is 1. The Morgan fingerprint density at radius 2 is 1.81 bits per heavy atom.